The van der Waals surface area contributed by atoms with Gasteiger partial charge >= 0.3 is 5.97 Å². The van der Waals surface area contributed by atoms with Gasteiger partial charge in [0.2, 0.25) is 0 Å². The van der Waals surface area contributed by atoms with E-state index in [2.05, 4.69) is 5.32 Å². The van der Waals surface area contributed by atoms with Gasteiger partial charge in [-0.1, -0.05) is 48.5 Å². The minimum absolute atomic E-state index is 0.0685. The first-order valence-corrected chi connectivity index (χ1v) is 9.62. The summed E-state index contributed by atoms with van der Waals surface area (Å²) in [5.41, 5.74) is 4.43. The van der Waals surface area contributed by atoms with E-state index in [0.717, 1.165) is 16.8 Å². The average Bonchev–Trinajstić information content (AvgIpc) is 3.01. The number of carbonyl (C=O) groups excluding carboxylic acids is 2. The van der Waals surface area contributed by atoms with Crippen molar-refractivity contribution in [1.29, 1.82) is 0 Å². The van der Waals surface area contributed by atoms with Crippen LogP contribution in [-0.4, -0.2) is 18.5 Å². The molecule has 1 heterocycles. The first kappa shape index (κ1) is 18.7. The molecule has 0 aliphatic carbocycles. The molecule has 5 heteroatoms. The molecule has 0 saturated heterocycles. The van der Waals surface area contributed by atoms with Crippen LogP contribution in [0.3, 0.4) is 0 Å². The van der Waals surface area contributed by atoms with E-state index in [0.29, 0.717) is 23.4 Å². The molecular weight excluding hydrogens is 364 g/mol. The first-order chi connectivity index (χ1) is 14.1. The SMILES string of the molecule is CCOC(=O)c1ccccc1N[C@H]1c2ccccc2C(=O)N1c1ccccc1C. The fraction of sp³-hybridized carbons (Fsp3) is 0.167. The van der Waals surface area contributed by atoms with Gasteiger partial charge in [0, 0.05) is 16.8 Å². The summed E-state index contributed by atoms with van der Waals surface area (Å²) >= 11 is 0. The van der Waals surface area contributed by atoms with Gasteiger partial charge in [-0.15, -0.1) is 0 Å². The number of para-hydroxylation sites is 2. The van der Waals surface area contributed by atoms with E-state index >= 15 is 0 Å². The Bertz CT molecular complexity index is 1080. The number of ether oxygens (including phenoxy) is 1. The van der Waals surface area contributed by atoms with Crippen molar-refractivity contribution in [2.24, 2.45) is 0 Å². The Hall–Kier alpha value is -3.60. The number of benzene rings is 3. The summed E-state index contributed by atoms with van der Waals surface area (Å²) in [4.78, 5) is 27.4. The summed E-state index contributed by atoms with van der Waals surface area (Å²) in [6.07, 6.45) is -0.435. The van der Waals surface area contributed by atoms with E-state index in [-0.39, 0.29) is 5.91 Å². The summed E-state index contributed by atoms with van der Waals surface area (Å²) < 4.78 is 5.19. The van der Waals surface area contributed by atoms with Gasteiger partial charge in [-0.3, -0.25) is 9.69 Å². The van der Waals surface area contributed by atoms with E-state index in [1.807, 2.05) is 67.6 Å². The molecule has 0 bridgehead atoms. The molecule has 1 aliphatic heterocycles. The lowest BCUT2D eigenvalue weighted by Crippen LogP contribution is -2.33. The van der Waals surface area contributed by atoms with E-state index in [4.69, 9.17) is 4.74 Å². The third-order valence-electron chi connectivity index (χ3n) is 5.05. The van der Waals surface area contributed by atoms with Crippen LogP contribution in [-0.2, 0) is 4.74 Å². The lowest BCUT2D eigenvalue weighted by molar-refractivity contribution is 0.0527. The van der Waals surface area contributed by atoms with E-state index in [1.165, 1.54) is 0 Å². The maximum Gasteiger partial charge on any atom is 0.340 e. The van der Waals surface area contributed by atoms with Crippen LogP contribution < -0.4 is 10.2 Å². The molecule has 1 atom stereocenters. The normalized spacial score (nSPS) is 15.2. The molecule has 0 aromatic heterocycles. The molecule has 1 aliphatic rings. The van der Waals surface area contributed by atoms with Crippen molar-refractivity contribution < 1.29 is 14.3 Å². The van der Waals surface area contributed by atoms with Gasteiger partial charge < -0.3 is 10.1 Å². The lowest BCUT2D eigenvalue weighted by atomic mass is 10.1. The standard InChI is InChI=1S/C24H22N2O3/c1-3-29-24(28)19-13-7-8-14-20(19)25-22-17-11-5-6-12-18(17)23(27)26(22)21-15-9-4-10-16(21)2/h4-15,22,25H,3H2,1-2H3/t22-/m1/s1. The number of aryl methyl sites for hydroxylation is 1. The molecule has 3 aromatic carbocycles. The maximum atomic E-state index is 13.3. The van der Waals surface area contributed by atoms with Crippen molar-refractivity contribution in [2.45, 2.75) is 20.0 Å². The topological polar surface area (TPSA) is 58.6 Å². The highest BCUT2D eigenvalue weighted by Gasteiger charge is 2.38. The number of nitrogens with one attached hydrogen (secondary N) is 1. The number of anilines is 2. The minimum Gasteiger partial charge on any atom is -0.462 e. The van der Waals surface area contributed by atoms with Crippen molar-refractivity contribution >= 4 is 23.3 Å². The zero-order chi connectivity index (χ0) is 20.4. The zero-order valence-corrected chi connectivity index (χ0v) is 16.4. The molecule has 1 amide bonds. The smallest absolute Gasteiger partial charge is 0.340 e. The highest BCUT2D eigenvalue weighted by atomic mass is 16.5. The van der Waals surface area contributed by atoms with Crippen molar-refractivity contribution in [3.63, 3.8) is 0 Å². The number of nitrogens with zero attached hydrogens (tertiary/aromatic N) is 1. The summed E-state index contributed by atoms with van der Waals surface area (Å²) in [5, 5.41) is 3.42. The van der Waals surface area contributed by atoms with Crippen molar-refractivity contribution in [1.82, 2.24) is 0 Å². The second-order valence-electron chi connectivity index (χ2n) is 6.86. The van der Waals surface area contributed by atoms with Crippen LogP contribution in [0, 0.1) is 6.92 Å². The number of esters is 1. The number of rotatable bonds is 5. The van der Waals surface area contributed by atoms with E-state index in [9.17, 15) is 9.59 Å². The van der Waals surface area contributed by atoms with Crippen LogP contribution in [0.5, 0.6) is 0 Å². The number of amides is 1. The van der Waals surface area contributed by atoms with Gasteiger partial charge in [0.25, 0.3) is 5.91 Å². The van der Waals surface area contributed by atoms with Crippen LogP contribution in [0.2, 0.25) is 0 Å². The third-order valence-corrected chi connectivity index (χ3v) is 5.05. The molecule has 3 aromatic rings. The summed E-state index contributed by atoms with van der Waals surface area (Å²) in [6.45, 7) is 4.06. The molecule has 146 valence electrons. The minimum atomic E-state index is -0.435. The second-order valence-corrected chi connectivity index (χ2v) is 6.86. The summed E-state index contributed by atoms with van der Waals surface area (Å²) in [5.74, 6) is -0.461. The Kier molecular flexibility index (Phi) is 5.04. The average molecular weight is 386 g/mol. The van der Waals surface area contributed by atoms with Gasteiger partial charge in [0.15, 0.2) is 0 Å². The highest BCUT2D eigenvalue weighted by molar-refractivity contribution is 6.12. The van der Waals surface area contributed by atoms with Gasteiger partial charge in [-0.25, -0.2) is 4.79 Å². The Morgan fingerprint density at radius 3 is 2.48 bits per heavy atom. The van der Waals surface area contributed by atoms with Crippen molar-refractivity contribution in [3.8, 4) is 0 Å². The van der Waals surface area contributed by atoms with E-state index in [1.54, 1.807) is 24.0 Å². The predicted octanol–water partition coefficient (Wildman–Crippen LogP) is 4.94. The molecule has 1 N–H and O–H groups in total. The third kappa shape index (κ3) is 3.36. The molecule has 0 radical (unpaired) electrons. The quantitative estimate of drug-likeness (QED) is 0.631. The summed E-state index contributed by atoms with van der Waals surface area (Å²) in [7, 11) is 0. The van der Waals surface area contributed by atoms with Crippen LogP contribution >= 0.6 is 0 Å². The number of fused-ring (bicyclic) bond motifs is 1. The Morgan fingerprint density at radius 2 is 1.69 bits per heavy atom. The zero-order valence-electron chi connectivity index (χ0n) is 16.4. The van der Waals surface area contributed by atoms with Gasteiger partial charge in [-0.05, 0) is 43.7 Å². The molecule has 0 fully saturated rings. The van der Waals surface area contributed by atoms with E-state index < -0.39 is 12.1 Å². The first-order valence-electron chi connectivity index (χ1n) is 9.62. The number of carbonyl (C=O) groups is 2. The molecular formula is C24H22N2O3. The molecule has 0 saturated carbocycles. The largest absolute Gasteiger partial charge is 0.462 e. The molecule has 4 rings (SSSR count). The Labute approximate surface area is 169 Å². The van der Waals surface area contributed by atoms with Gasteiger partial charge in [0.1, 0.15) is 6.17 Å². The Morgan fingerprint density at radius 1 is 1.00 bits per heavy atom. The van der Waals surface area contributed by atoms with Gasteiger partial charge in [0.05, 0.1) is 17.9 Å². The van der Waals surface area contributed by atoms with Crippen molar-refractivity contribution in [2.75, 3.05) is 16.8 Å². The summed E-state index contributed by atoms with van der Waals surface area (Å²) in [6, 6.07) is 22.5. The monoisotopic (exact) mass is 386 g/mol. The lowest BCUT2D eigenvalue weighted by Gasteiger charge is -2.29. The highest BCUT2D eigenvalue weighted by Crippen LogP contribution is 2.39. The number of hydrogen-bond acceptors (Lipinski definition) is 4. The maximum absolute atomic E-state index is 13.3. The fourth-order valence-corrected chi connectivity index (χ4v) is 3.68. The van der Waals surface area contributed by atoms with Crippen molar-refractivity contribution in [3.05, 3.63) is 95.1 Å². The Balaban J connectivity index is 1.80. The number of hydrogen-bond donors (Lipinski definition) is 1. The van der Waals surface area contributed by atoms with Crippen LogP contribution in [0.15, 0.2) is 72.8 Å². The predicted molar refractivity (Wildman–Crippen MR) is 113 cm³/mol. The van der Waals surface area contributed by atoms with Crippen LogP contribution in [0.25, 0.3) is 0 Å². The fourth-order valence-electron chi connectivity index (χ4n) is 3.68. The second kappa shape index (κ2) is 7.80. The van der Waals surface area contributed by atoms with Crippen LogP contribution in [0.4, 0.5) is 11.4 Å². The van der Waals surface area contributed by atoms with Gasteiger partial charge in [-0.2, -0.15) is 0 Å². The molecule has 0 spiro atoms. The molecule has 0 unspecified atom stereocenters. The molecule has 5 nitrogen and oxygen atoms in total. The van der Waals surface area contributed by atoms with Crippen LogP contribution in [0.1, 0.15) is 44.9 Å². The molecule has 29 heavy (non-hydrogen) atoms.